The van der Waals surface area contributed by atoms with Crippen molar-refractivity contribution in [3.05, 3.63) is 42.0 Å². The lowest BCUT2D eigenvalue weighted by molar-refractivity contribution is 0.169. The minimum Gasteiger partial charge on any atom is -0.445 e. The van der Waals surface area contributed by atoms with Crippen molar-refractivity contribution < 1.29 is 9.53 Å². The van der Waals surface area contributed by atoms with Crippen LogP contribution in [-0.4, -0.2) is 12.7 Å². The maximum Gasteiger partial charge on any atom is 0.404 e. The van der Waals surface area contributed by atoms with E-state index in [2.05, 4.69) is 4.74 Å². The summed E-state index contributed by atoms with van der Waals surface area (Å²) < 4.78 is 4.52. The van der Waals surface area contributed by atoms with Gasteiger partial charge in [-0.05, 0) is 11.6 Å². The Morgan fingerprint density at radius 3 is 2.69 bits per heavy atom. The van der Waals surface area contributed by atoms with Gasteiger partial charge >= 0.3 is 6.09 Å². The van der Waals surface area contributed by atoms with Crippen LogP contribution in [0.1, 0.15) is 5.56 Å². The SMILES string of the molecule is NC(=O)OC/C=C/c1ccccc1. The number of carbonyl (C=O) groups is 1. The third-order valence-electron chi connectivity index (χ3n) is 1.43. The average Bonchev–Trinajstić information content (AvgIpc) is 2.14. The molecule has 13 heavy (non-hydrogen) atoms. The molecular formula is C10H11NO2. The van der Waals surface area contributed by atoms with E-state index in [1.165, 1.54) is 0 Å². The Labute approximate surface area is 76.8 Å². The molecular weight excluding hydrogens is 166 g/mol. The molecule has 1 amide bonds. The second-order valence-electron chi connectivity index (χ2n) is 2.44. The van der Waals surface area contributed by atoms with Crippen molar-refractivity contribution in [2.75, 3.05) is 6.61 Å². The molecule has 0 aliphatic rings. The molecule has 1 rings (SSSR count). The molecule has 0 aliphatic carbocycles. The normalized spacial score (nSPS) is 10.2. The maximum absolute atomic E-state index is 10.2. The highest BCUT2D eigenvalue weighted by Crippen LogP contribution is 2.00. The van der Waals surface area contributed by atoms with Gasteiger partial charge in [0.05, 0.1) is 0 Å². The fourth-order valence-electron chi connectivity index (χ4n) is 0.879. The van der Waals surface area contributed by atoms with Crippen molar-refractivity contribution >= 4 is 12.2 Å². The molecule has 0 heterocycles. The van der Waals surface area contributed by atoms with Crippen LogP contribution in [0.2, 0.25) is 0 Å². The van der Waals surface area contributed by atoms with Crippen LogP contribution in [0.3, 0.4) is 0 Å². The Kier molecular flexibility index (Phi) is 3.57. The van der Waals surface area contributed by atoms with E-state index in [0.717, 1.165) is 5.56 Å². The number of amides is 1. The monoisotopic (exact) mass is 177 g/mol. The summed E-state index contributed by atoms with van der Waals surface area (Å²) in [6.07, 6.45) is 2.85. The van der Waals surface area contributed by atoms with Gasteiger partial charge in [-0.15, -0.1) is 0 Å². The third kappa shape index (κ3) is 3.96. The smallest absolute Gasteiger partial charge is 0.404 e. The summed E-state index contributed by atoms with van der Waals surface area (Å²) in [6, 6.07) is 9.74. The van der Waals surface area contributed by atoms with Crippen LogP contribution in [0.5, 0.6) is 0 Å². The van der Waals surface area contributed by atoms with Crippen molar-refractivity contribution in [3.63, 3.8) is 0 Å². The topological polar surface area (TPSA) is 52.3 Å². The molecule has 2 N–H and O–H groups in total. The number of rotatable bonds is 3. The first-order chi connectivity index (χ1) is 6.29. The van der Waals surface area contributed by atoms with Crippen molar-refractivity contribution in [2.45, 2.75) is 0 Å². The maximum atomic E-state index is 10.2. The number of hydrogen-bond donors (Lipinski definition) is 1. The molecule has 0 saturated carbocycles. The van der Waals surface area contributed by atoms with Crippen LogP contribution >= 0.6 is 0 Å². The van der Waals surface area contributed by atoms with Crippen LogP contribution in [0, 0.1) is 0 Å². The largest absolute Gasteiger partial charge is 0.445 e. The molecule has 68 valence electrons. The summed E-state index contributed by atoms with van der Waals surface area (Å²) in [4.78, 5) is 10.2. The van der Waals surface area contributed by atoms with Gasteiger partial charge in [0, 0.05) is 0 Å². The molecule has 1 aromatic carbocycles. The van der Waals surface area contributed by atoms with Crippen LogP contribution in [0.4, 0.5) is 4.79 Å². The molecule has 0 radical (unpaired) electrons. The number of nitrogens with two attached hydrogens (primary N) is 1. The summed E-state index contributed by atoms with van der Waals surface area (Å²) in [6.45, 7) is 0.213. The summed E-state index contributed by atoms with van der Waals surface area (Å²) in [5, 5.41) is 0. The quantitative estimate of drug-likeness (QED) is 0.765. The molecule has 3 nitrogen and oxygen atoms in total. The Balaban J connectivity index is 2.37. The summed E-state index contributed by atoms with van der Waals surface area (Å²) >= 11 is 0. The first-order valence-corrected chi connectivity index (χ1v) is 3.93. The van der Waals surface area contributed by atoms with Gasteiger partial charge in [-0.2, -0.15) is 0 Å². The molecule has 0 unspecified atom stereocenters. The van der Waals surface area contributed by atoms with Crippen LogP contribution in [0.15, 0.2) is 36.4 Å². The van der Waals surface area contributed by atoms with Crippen LogP contribution < -0.4 is 5.73 Å². The number of hydrogen-bond acceptors (Lipinski definition) is 2. The van der Waals surface area contributed by atoms with E-state index in [9.17, 15) is 4.79 Å². The Bertz CT molecular complexity index is 293. The predicted molar refractivity (Wildman–Crippen MR) is 51.0 cm³/mol. The lowest BCUT2D eigenvalue weighted by Gasteiger charge is -1.94. The Hall–Kier alpha value is -1.77. The molecule has 3 heteroatoms. The molecule has 0 spiro atoms. The Morgan fingerprint density at radius 1 is 1.38 bits per heavy atom. The van der Waals surface area contributed by atoms with Gasteiger partial charge in [-0.1, -0.05) is 36.4 Å². The molecule has 1 aromatic rings. The first kappa shape index (κ1) is 9.32. The zero-order chi connectivity index (χ0) is 9.52. The standard InChI is InChI=1S/C10H11NO2/c11-10(12)13-8-4-7-9-5-2-1-3-6-9/h1-7H,8H2,(H2,11,12)/b7-4+. The minimum absolute atomic E-state index is 0.213. The fraction of sp³-hybridized carbons (Fsp3) is 0.100. The molecule has 0 saturated heterocycles. The summed E-state index contributed by atoms with van der Waals surface area (Å²) in [5.41, 5.74) is 5.84. The fourth-order valence-corrected chi connectivity index (χ4v) is 0.879. The van der Waals surface area contributed by atoms with E-state index >= 15 is 0 Å². The van der Waals surface area contributed by atoms with Gasteiger partial charge < -0.3 is 10.5 Å². The molecule has 0 aliphatic heterocycles. The van der Waals surface area contributed by atoms with Crippen molar-refractivity contribution in [1.29, 1.82) is 0 Å². The van der Waals surface area contributed by atoms with E-state index in [4.69, 9.17) is 5.73 Å². The van der Waals surface area contributed by atoms with Gasteiger partial charge in [0.25, 0.3) is 0 Å². The summed E-state index contributed by atoms with van der Waals surface area (Å²) in [5.74, 6) is 0. The van der Waals surface area contributed by atoms with Gasteiger partial charge in [0.15, 0.2) is 0 Å². The Morgan fingerprint density at radius 2 is 2.08 bits per heavy atom. The first-order valence-electron chi connectivity index (χ1n) is 3.93. The highest BCUT2D eigenvalue weighted by molar-refractivity contribution is 5.64. The van der Waals surface area contributed by atoms with Crippen molar-refractivity contribution in [2.24, 2.45) is 5.73 Å². The third-order valence-corrected chi connectivity index (χ3v) is 1.43. The van der Waals surface area contributed by atoms with E-state index in [1.54, 1.807) is 6.08 Å². The number of benzene rings is 1. The number of primary amides is 1. The molecule has 0 bridgehead atoms. The zero-order valence-electron chi connectivity index (χ0n) is 7.14. The van der Waals surface area contributed by atoms with E-state index in [0.29, 0.717) is 0 Å². The average molecular weight is 177 g/mol. The second-order valence-corrected chi connectivity index (χ2v) is 2.44. The zero-order valence-corrected chi connectivity index (χ0v) is 7.14. The highest BCUT2D eigenvalue weighted by atomic mass is 16.5. The van der Waals surface area contributed by atoms with Crippen LogP contribution in [-0.2, 0) is 4.74 Å². The van der Waals surface area contributed by atoms with E-state index in [-0.39, 0.29) is 6.61 Å². The molecule has 0 fully saturated rings. The molecule has 0 atom stereocenters. The van der Waals surface area contributed by atoms with Gasteiger partial charge in [-0.3, -0.25) is 0 Å². The highest BCUT2D eigenvalue weighted by Gasteiger charge is 1.87. The number of carbonyl (C=O) groups excluding carboxylic acids is 1. The van der Waals surface area contributed by atoms with Gasteiger partial charge in [0.1, 0.15) is 6.61 Å². The van der Waals surface area contributed by atoms with Gasteiger partial charge in [-0.25, -0.2) is 4.79 Å². The minimum atomic E-state index is -0.752. The lowest BCUT2D eigenvalue weighted by atomic mass is 10.2. The molecule has 0 aromatic heterocycles. The van der Waals surface area contributed by atoms with Crippen molar-refractivity contribution in [1.82, 2.24) is 0 Å². The van der Waals surface area contributed by atoms with Crippen LogP contribution in [0.25, 0.3) is 6.08 Å². The van der Waals surface area contributed by atoms with E-state index < -0.39 is 6.09 Å². The van der Waals surface area contributed by atoms with E-state index in [1.807, 2.05) is 36.4 Å². The van der Waals surface area contributed by atoms with Crippen molar-refractivity contribution in [3.8, 4) is 0 Å². The number of ether oxygens (including phenoxy) is 1. The second kappa shape index (κ2) is 4.98. The predicted octanol–water partition coefficient (Wildman–Crippen LogP) is 1.80. The lowest BCUT2D eigenvalue weighted by Crippen LogP contribution is -2.12. The van der Waals surface area contributed by atoms with Gasteiger partial charge in [0.2, 0.25) is 0 Å². The summed E-state index contributed by atoms with van der Waals surface area (Å²) in [7, 11) is 0.